The summed E-state index contributed by atoms with van der Waals surface area (Å²) < 4.78 is 17.5. The van der Waals surface area contributed by atoms with Crippen molar-refractivity contribution in [2.45, 2.75) is 19.1 Å². The molecule has 6 N–H and O–H groups in total. The van der Waals surface area contributed by atoms with Gasteiger partial charge in [0.05, 0.1) is 18.9 Å². The van der Waals surface area contributed by atoms with Gasteiger partial charge in [-0.3, -0.25) is 5.32 Å². The molecular formula is C31H28N8O3. The molecule has 1 aromatic heterocycles. The highest BCUT2D eigenvalue weighted by Crippen LogP contribution is 2.40. The average molecular weight is 561 g/mol. The molecule has 2 heterocycles. The van der Waals surface area contributed by atoms with Crippen LogP contribution in [0.25, 0.3) is 0 Å². The minimum absolute atomic E-state index is 0.00389. The number of benzene rings is 3. The third kappa shape index (κ3) is 6.43. The summed E-state index contributed by atoms with van der Waals surface area (Å²) in [6.07, 6.45) is 2.52. The molecule has 11 heteroatoms. The Bertz CT molecular complexity index is 1640. The number of fused-ring (bicyclic) bond motifs is 1. The zero-order valence-corrected chi connectivity index (χ0v) is 22.6. The molecule has 1 aliphatic rings. The second-order valence-electron chi connectivity index (χ2n) is 9.27. The largest absolute Gasteiger partial charge is 0.493 e. The fourth-order valence-electron chi connectivity index (χ4n) is 4.38. The maximum absolute atomic E-state index is 9.49. The average Bonchev–Trinajstić information content (AvgIpc) is 3.01. The van der Waals surface area contributed by atoms with E-state index in [4.69, 9.17) is 30.9 Å². The van der Waals surface area contributed by atoms with E-state index in [0.29, 0.717) is 43.4 Å². The number of nitrogens with one attached hydrogen (secondary N) is 2. The van der Waals surface area contributed by atoms with Crippen LogP contribution in [0.15, 0.2) is 83.9 Å². The fraction of sp³-hybridized carbons (Fsp3) is 0.161. The number of nitriles is 2. The Kier molecular flexibility index (Phi) is 8.51. The number of pyridine rings is 1. The van der Waals surface area contributed by atoms with E-state index < -0.39 is 6.04 Å². The van der Waals surface area contributed by atoms with Crippen molar-refractivity contribution in [1.82, 2.24) is 10.3 Å². The van der Waals surface area contributed by atoms with Crippen LogP contribution in [0.4, 0.5) is 17.3 Å². The van der Waals surface area contributed by atoms with Crippen LogP contribution in [0.3, 0.4) is 0 Å². The number of nitrogens with two attached hydrogens (primary N) is 2. The maximum atomic E-state index is 9.49. The molecule has 0 spiro atoms. The van der Waals surface area contributed by atoms with Gasteiger partial charge in [0.2, 0.25) is 5.96 Å². The summed E-state index contributed by atoms with van der Waals surface area (Å²) >= 11 is 0. The van der Waals surface area contributed by atoms with Crippen molar-refractivity contribution >= 4 is 23.3 Å². The quantitative estimate of drug-likeness (QED) is 0.123. The van der Waals surface area contributed by atoms with Crippen LogP contribution in [0.2, 0.25) is 0 Å². The van der Waals surface area contributed by atoms with Crippen LogP contribution in [0, 0.1) is 22.8 Å². The molecule has 1 aliphatic heterocycles. The molecular weight excluding hydrogens is 532 g/mol. The van der Waals surface area contributed by atoms with Crippen molar-refractivity contribution in [2.24, 2.45) is 4.99 Å². The fourth-order valence-corrected chi connectivity index (χ4v) is 4.38. The number of nitrogen functional groups attached to an aromatic ring is 2. The van der Waals surface area contributed by atoms with Crippen molar-refractivity contribution in [2.75, 3.05) is 30.0 Å². The van der Waals surface area contributed by atoms with Gasteiger partial charge in [0.1, 0.15) is 53.2 Å². The summed E-state index contributed by atoms with van der Waals surface area (Å²) in [6, 6.07) is 26.3. The van der Waals surface area contributed by atoms with Gasteiger partial charge < -0.3 is 31.0 Å². The third-order valence-electron chi connectivity index (χ3n) is 6.45. The highest BCUT2D eigenvalue weighted by molar-refractivity contribution is 5.98. The summed E-state index contributed by atoms with van der Waals surface area (Å²) in [6.45, 7) is 1.47. The van der Waals surface area contributed by atoms with E-state index in [1.165, 1.54) is 0 Å². The minimum atomic E-state index is -0.616. The molecule has 42 heavy (non-hydrogen) atoms. The highest BCUT2D eigenvalue weighted by atomic mass is 16.5. The zero-order chi connectivity index (χ0) is 29.3. The van der Waals surface area contributed by atoms with Gasteiger partial charge in [-0.2, -0.15) is 10.5 Å². The topological polar surface area (TPSA) is 177 Å². The Morgan fingerprint density at radius 2 is 1.45 bits per heavy atom. The minimum Gasteiger partial charge on any atom is -0.493 e. The van der Waals surface area contributed by atoms with Crippen molar-refractivity contribution in [3.63, 3.8) is 0 Å². The molecule has 0 bridgehead atoms. The molecule has 210 valence electrons. The predicted octanol–water partition coefficient (Wildman–Crippen LogP) is 4.49. The van der Waals surface area contributed by atoms with Crippen molar-refractivity contribution in [3.05, 3.63) is 101 Å². The highest BCUT2D eigenvalue weighted by Gasteiger charge is 2.29. The first-order valence-corrected chi connectivity index (χ1v) is 13.2. The van der Waals surface area contributed by atoms with Crippen LogP contribution >= 0.6 is 0 Å². The van der Waals surface area contributed by atoms with Crippen molar-refractivity contribution in [1.29, 1.82) is 10.5 Å². The first-order valence-electron chi connectivity index (χ1n) is 13.2. The van der Waals surface area contributed by atoms with E-state index in [2.05, 4.69) is 20.6 Å². The molecule has 0 fully saturated rings. The van der Waals surface area contributed by atoms with Crippen molar-refractivity contribution in [3.8, 4) is 29.5 Å². The van der Waals surface area contributed by atoms with E-state index in [-0.39, 0.29) is 23.0 Å². The Labute approximate surface area is 243 Å². The van der Waals surface area contributed by atoms with E-state index in [1.54, 1.807) is 0 Å². The Balaban J connectivity index is 1.13. The molecule has 0 radical (unpaired) electrons. The lowest BCUT2D eigenvalue weighted by atomic mass is 9.95. The lowest BCUT2D eigenvalue weighted by Gasteiger charge is -2.26. The number of hydrogen-bond donors (Lipinski definition) is 4. The summed E-state index contributed by atoms with van der Waals surface area (Å²) in [7, 11) is 0. The molecule has 0 saturated heterocycles. The van der Waals surface area contributed by atoms with E-state index in [9.17, 15) is 5.26 Å². The zero-order valence-electron chi connectivity index (χ0n) is 22.6. The summed E-state index contributed by atoms with van der Waals surface area (Å²) in [5.41, 5.74) is 14.9. The van der Waals surface area contributed by atoms with Gasteiger partial charge in [-0.15, -0.1) is 0 Å². The van der Waals surface area contributed by atoms with E-state index in [0.717, 1.165) is 22.6 Å². The summed E-state index contributed by atoms with van der Waals surface area (Å²) in [4.78, 5) is 8.83. The van der Waals surface area contributed by atoms with Crippen LogP contribution < -0.4 is 36.3 Å². The molecule has 0 saturated carbocycles. The number of anilines is 3. The van der Waals surface area contributed by atoms with Gasteiger partial charge in [0.25, 0.3) is 0 Å². The number of ether oxygens (including phenoxy) is 3. The molecule has 0 aliphatic carbocycles. The number of aliphatic imine (C=N–C) groups is 1. The predicted molar refractivity (Wildman–Crippen MR) is 159 cm³/mol. The molecule has 1 atom stereocenters. The monoisotopic (exact) mass is 560 g/mol. The van der Waals surface area contributed by atoms with E-state index >= 15 is 0 Å². The smallest absolute Gasteiger partial charge is 0.211 e. The molecule has 4 aromatic rings. The van der Waals surface area contributed by atoms with Crippen LogP contribution in [-0.2, 0) is 6.61 Å². The summed E-state index contributed by atoms with van der Waals surface area (Å²) in [5, 5.41) is 24.0. The maximum Gasteiger partial charge on any atom is 0.211 e. The lowest BCUT2D eigenvalue weighted by molar-refractivity contribution is 0.247. The second kappa shape index (κ2) is 12.9. The standard InChI is InChI=1S/C31H28N8O3/c32-17-25-27(34)26-28(37-31(36-19-33)39-30(26)38-29(25)35)21-7-9-22(10-8-21)40-15-4-16-41-23-11-13-24(14-12-23)42-18-20-5-2-1-3-6-20/h1-3,5-14,28H,4,15-16,18H2,(H6,34,35,36,37,38,39). The molecule has 11 nitrogen and oxygen atoms in total. The SMILES string of the molecule is N#CNC1=NC(c2ccc(OCCCOc3ccc(OCc4ccccc4)cc3)cc2)c2c(nc(N)c(C#N)c2N)N1. The summed E-state index contributed by atoms with van der Waals surface area (Å²) in [5.74, 6) is 2.73. The molecule has 3 aromatic carbocycles. The van der Waals surface area contributed by atoms with Gasteiger partial charge in [-0.1, -0.05) is 42.5 Å². The first-order chi connectivity index (χ1) is 20.6. The first kappa shape index (κ1) is 27.6. The normalized spacial score (nSPS) is 13.4. The van der Waals surface area contributed by atoms with E-state index in [1.807, 2.05) is 91.1 Å². The molecule has 1 unspecified atom stereocenters. The van der Waals surface area contributed by atoms with Gasteiger partial charge in [-0.05, 0) is 47.5 Å². The van der Waals surface area contributed by atoms with Crippen molar-refractivity contribution < 1.29 is 14.2 Å². The van der Waals surface area contributed by atoms with Gasteiger partial charge in [-0.25, -0.2) is 9.98 Å². The number of hydrogen-bond acceptors (Lipinski definition) is 11. The van der Waals surface area contributed by atoms with Crippen LogP contribution in [0.1, 0.15) is 34.7 Å². The number of aromatic nitrogens is 1. The van der Waals surface area contributed by atoms with Gasteiger partial charge in [0, 0.05) is 12.0 Å². The van der Waals surface area contributed by atoms with Crippen LogP contribution in [-0.4, -0.2) is 24.2 Å². The Morgan fingerprint density at radius 3 is 2.07 bits per heavy atom. The Morgan fingerprint density at radius 1 is 0.833 bits per heavy atom. The van der Waals surface area contributed by atoms with Gasteiger partial charge in [0.15, 0.2) is 6.19 Å². The molecule has 5 rings (SSSR count). The number of nitrogens with zero attached hydrogens (tertiary/aromatic N) is 4. The molecule has 0 amide bonds. The van der Waals surface area contributed by atoms with Gasteiger partial charge >= 0.3 is 0 Å². The lowest BCUT2D eigenvalue weighted by Crippen LogP contribution is -2.32. The number of guanidine groups is 1. The second-order valence-corrected chi connectivity index (χ2v) is 9.27. The number of rotatable bonds is 10. The van der Waals surface area contributed by atoms with Crippen LogP contribution in [0.5, 0.6) is 17.2 Å². The Hall–Kier alpha value is -5.94. The third-order valence-corrected chi connectivity index (χ3v) is 6.45.